The molecule has 0 saturated heterocycles. The van der Waals surface area contributed by atoms with Crippen LogP contribution in [0.25, 0.3) is 0 Å². The zero-order valence-corrected chi connectivity index (χ0v) is 43.6. The van der Waals surface area contributed by atoms with Crippen LogP contribution in [0.5, 0.6) is 0 Å². The zero-order valence-electron chi connectivity index (χ0n) is 43.6. The minimum atomic E-state index is 0.878. The molecule has 12 rings (SSSR count). The normalized spacial score (nSPS) is 9.85. The molecule has 0 unspecified atom stereocenters. The van der Waals surface area contributed by atoms with E-state index in [0.717, 1.165) is 55.5 Å². The minimum absolute atomic E-state index is 0.878. The van der Waals surface area contributed by atoms with Gasteiger partial charge in [0.25, 0.3) is 0 Å². The molecule has 0 bridgehead atoms. The van der Waals surface area contributed by atoms with Crippen LogP contribution in [0.2, 0.25) is 0 Å². The average Bonchev–Trinajstić information content (AvgIpc) is 3.51. The number of benzene rings is 4. The largest absolute Gasteiger partial charge is 0.265 e. The second kappa shape index (κ2) is 34.4. The van der Waals surface area contributed by atoms with Gasteiger partial charge in [-0.3, -0.25) is 29.9 Å². The van der Waals surface area contributed by atoms with Gasteiger partial charge in [0.15, 0.2) is 0 Å². The molecule has 0 saturated carbocycles. The Labute approximate surface area is 458 Å². The van der Waals surface area contributed by atoms with Crippen molar-refractivity contribution in [3.8, 4) is 0 Å². The summed E-state index contributed by atoms with van der Waals surface area (Å²) in [6.45, 7) is 0. The maximum absolute atomic E-state index is 4.27. The molecule has 8 aromatic heterocycles. The molecule has 12 aromatic rings. The molecule has 78 heavy (non-hydrogen) atoms. The van der Waals surface area contributed by atoms with E-state index in [0.29, 0.717) is 0 Å². The third-order valence-electron chi connectivity index (χ3n) is 11.5. The summed E-state index contributed by atoms with van der Waals surface area (Å²) < 4.78 is 0. The molecular formula is C68H62N10. The SMILES string of the molecule is c1cc(Cc2ccncc2)ccn1.c1ccc(Cc2ccccn2)cc1.c1ccc(Cc2ccncc2)cc1.c1ccc(Cc2ccncn2)cc1.c1ccc(Cc2cncnc2)cc1.c1cncc(Cc2cccnc2)c1. The number of hydrogen-bond donors (Lipinski definition) is 0. The van der Waals surface area contributed by atoms with E-state index < -0.39 is 0 Å². The molecule has 0 aliphatic heterocycles. The van der Waals surface area contributed by atoms with Crippen LogP contribution < -0.4 is 0 Å². The van der Waals surface area contributed by atoms with Gasteiger partial charge in [-0.1, -0.05) is 140 Å². The summed E-state index contributed by atoms with van der Waals surface area (Å²) >= 11 is 0. The summed E-state index contributed by atoms with van der Waals surface area (Å²) in [5, 5.41) is 0. The molecule has 0 radical (unpaired) electrons. The highest BCUT2D eigenvalue weighted by Gasteiger charge is 1.99. The highest BCUT2D eigenvalue weighted by molar-refractivity contribution is 5.27. The van der Waals surface area contributed by atoms with E-state index in [4.69, 9.17) is 0 Å². The van der Waals surface area contributed by atoms with Gasteiger partial charge in [-0.25, -0.2) is 19.9 Å². The molecule has 384 valence electrons. The van der Waals surface area contributed by atoms with Crippen molar-refractivity contribution in [1.82, 2.24) is 49.8 Å². The number of hydrogen-bond acceptors (Lipinski definition) is 10. The lowest BCUT2D eigenvalue weighted by molar-refractivity contribution is 1.03. The fraction of sp³-hybridized carbons (Fsp3) is 0.0882. The van der Waals surface area contributed by atoms with Crippen LogP contribution in [0, 0.1) is 0 Å². The molecule has 4 aromatic carbocycles. The smallest absolute Gasteiger partial charge is 0.115 e. The summed E-state index contributed by atoms with van der Waals surface area (Å²) in [7, 11) is 0. The van der Waals surface area contributed by atoms with Gasteiger partial charge in [0.2, 0.25) is 0 Å². The van der Waals surface area contributed by atoms with Crippen LogP contribution in [0.15, 0.2) is 306 Å². The van der Waals surface area contributed by atoms with E-state index in [2.05, 4.69) is 135 Å². The Morgan fingerprint density at radius 1 is 0.179 bits per heavy atom. The first-order valence-corrected chi connectivity index (χ1v) is 25.7. The van der Waals surface area contributed by atoms with Gasteiger partial charge in [0.05, 0.1) is 0 Å². The number of rotatable bonds is 12. The lowest BCUT2D eigenvalue weighted by Gasteiger charge is -1.99. The second-order valence-corrected chi connectivity index (χ2v) is 17.6. The van der Waals surface area contributed by atoms with Gasteiger partial charge in [0, 0.05) is 124 Å². The molecule has 10 nitrogen and oxygen atoms in total. The van der Waals surface area contributed by atoms with Gasteiger partial charge >= 0.3 is 0 Å². The van der Waals surface area contributed by atoms with Gasteiger partial charge in [-0.15, -0.1) is 0 Å². The molecular weight excluding hydrogens is 957 g/mol. The van der Waals surface area contributed by atoms with E-state index in [1.54, 1.807) is 31.2 Å². The van der Waals surface area contributed by atoms with E-state index in [1.165, 1.54) is 50.1 Å². The number of nitrogens with zero attached hydrogens (tertiary/aromatic N) is 10. The van der Waals surface area contributed by atoms with Crippen molar-refractivity contribution in [1.29, 1.82) is 0 Å². The first-order valence-electron chi connectivity index (χ1n) is 25.7. The maximum atomic E-state index is 4.27. The lowest BCUT2D eigenvalue weighted by atomic mass is 10.1. The van der Waals surface area contributed by atoms with Crippen LogP contribution in [0.1, 0.15) is 67.0 Å². The molecule has 0 aliphatic carbocycles. The van der Waals surface area contributed by atoms with Crippen molar-refractivity contribution in [2.75, 3.05) is 0 Å². The van der Waals surface area contributed by atoms with E-state index in [9.17, 15) is 0 Å². The topological polar surface area (TPSA) is 129 Å². The Bertz CT molecular complexity index is 2510. The van der Waals surface area contributed by atoms with Crippen molar-refractivity contribution in [2.45, 2.75) is 38.5 Å². The third-order valence-corrected chi connectivity index (χ3v) is 11.5. The Hall–Kier alpha value is -10.1. The molecule has 0 amide bonds. The number of aromatic nitrogens is 10. The predicted octanol–water partition coefficient (Wildman–Crippen LogP) is 13.6. The Balaban J connectivity index is 0.000000136. The fourth-order valence-electron chi connectivity index (χ4n) is 7.60. The van der Waals surface area contributed by atoms with E-state index in [1.807, 2.05) is 189 Å². The predicted molar refractivity (Wildman–Crippen MR) is 312 cm³/mol. The first kappa shape index (κ1) is 55.7. The summed E-state index contributed by atoms with van der Waals surface area (Å²) in [5.74, 6) is 0. The Morgan fingerprint density at radius 2 is 0.513 bits per heavy atom. The highest BCUT2D eigenvalue weighted by atomic mass is 14.8. The third kappa shape index (κ3) is 23.0. The van der Waals surface area contributed by atoms with Crippen LogP contribution in [-0.2, 0) is 38.5 Å². The summed E-state index contributed by atoms with van der Waals surface area (Å²) in [5.41, 5.74) is 14.8. The van der Waals surface area contributed by atoms with E-state index in [-0.39, 0.29) is 0 Å². The molecule has 0 fully saturated rings. The molecule has 0 spiro atoms. The fourth-order valence-corrected chi connectivity index (χ4v) is 7.60. The summed E-state index contributed by atoms with van der Waals surface area (Å²) in [4.78, 5) is 40.3. The van der Waals surface area contributed by atoms with Gasteiger partial charge in [-0.05, 0) is 135 Å². The molecule has 0 atom stereocenters. The zero-order chi connectivity index (χ0) is 53.6. The van der Waals surface area contributed by atoms with Crippen molar-refractivity contribution in [3.63, 3.8) is 0 Å². The highest BCUT2D eigenvalue weighted by Crippen LogP contribution is 2.11. The van der Waals surface area contributed by atoms with Gasteiger partial charge in [-0.2, -0.15) is 0 Å². The standard InChI is InChI=1S/2C12H11N.4C11H10N2/c1-2-6-11(7-3-1)10-12-8-4-5-9-13-12;1-2-4-11(5-3-1)10-12-6-8-13-9-7-12;1-5-12-6-2-10(1)9-11-3-7-13-8-4-11;1-3-10(8-12-5-1)7-11-4-2-6-13-9-11;1-2-4-10(5-3-1)6-11-7-12-9-13-8-11;1-2-4-10(5-3-1)8-11-6-7-12-9-13-11/h2*1-9H,10H2;1-8H,9H2;1-6,8-9H,7H2;1-5,7-9H,6H2;1-7,9H,8H2. The van der Waals surface area contributed by atoms with Crippen molar-refractivity contribution in [2.24, 2.45) is 0 Å². The average molecular weight is 1020 g/mol. The Morgan fingerprint density at radius 3 is 0.885 bits per heavy atom. The monoisotopic (exact) mass is 1020 g/mol. The molecule has 8 heterocycles. The van der Waals surface area contributed by atoms with Crippen molar-refractivity contribution in [3.05, 3.63) is 373 Å². The van der Waals surface area contributed by atoms with E-state index >= 15 is 0 Å². The minimum Gasteiger partial charge on any atom is -0.265 e. The summed E-state index contributed by atoms with van der Waals surface area (Å²) in [6.07, 6.45) is 34.2. The quantitative estimate of drug-likeness (QED) is 0.117. The second-order valence-electron chi connectivity index (χ2n) is 17.6. The maximum Gasteiger partial charge on any atom is 0.115 e. The molecule has 0 N–H and O–H groups in total. The number of pyridine rings is 6. The van der Waals surface area contributed by atoms with Gasteiger partial charge < -0.3 is 0 Å². The Kier molecular flexibility index (Phi) is 24.6. The lowest BCUT2D eigenvalue weighted by Crippen LogP contribution is -1.91. The summed E-state index contributed by atoms with van der Waals surface area (Å²) in [6, 6.07) is 69.6. The molecule has 0 aliphatic rings. The van der Waals surface area contributed by atoms with Crippen LogP contribution >= 0.6 is 0 Å². The molecule has 10 heteroatoms. The van der Waals surface area contributed by atoms with Crippen molar-refractivity contribution >= 4 is 0 Å². The van der Waals surface area contributed by atoms with Crippen LogP contribution in [0.4, 0.5) is 0 Å². The van der Waals surface area contributed by atoms with Crippen LogP contribution in [0.3, 0.4) is 0 Å². The van der Waals surface area contributed by atoms with Gasteiger partial charge in [0.1, 0.15) is 12.7 Å². The first-order chi connectivity index (χ1) is 38.7. The van der Waals surface area contributed by atoms with Crippen LogP contribution in [-0.4, -0.2) is 49.8 Å². The van der Waals surface area contributed by atoms with Crippen molar-refractivity contribution < 1.29 is 0 Å².